The van der Waals surface area contributed by atoms with Crippen LogP contribution in [0.15, 0.2) is 22.7 Å². The van der Waals surface area contributed by atoms with Crippen molar-refractivity contribution in [1.29, 1.82) is 0 Å². The van der Waals surface area contributed by atoms with Gasteiger partial charge in [0.1, 0.15) is 5.69 Å². The molecule has 7 heteroatoms. The maximum Gasteiger partial charge on any atom is 0.311 e. The van der Waals surface area contributed by atoms with E-state index >= 15 is 0 Å². The van der Waals surface area contributed by atoms with Gasteiger partial charge in [-0.2, -0.15) is 0 Å². The highest BCUT2D eigenvalue weighted by Crippen LogP contribution is 2.40. The lowest BCUT2D eigenvalue weighted by molar-refractivity contribution is -0.384. The minimum Gasteiger partial charge on any atom is -0.481 e. The monoisotopic (exact) mass is 342 g/mol. The van der Waals surface area contributed by atoms with Gasteiger partial charge in [-0.25, -0.2) is 0 Å². The fourth-order valence-electron chi connectivity index (χ4n) is 2.60. The Labute approximate surface area is 124 Å². The molecule has 1 aromatic carbocycles. The lowest BCUT2D eigenvalue weighted by Crippen LogP contribution is -2.34. The zero-order valence-corrected chi connectivity index (χ0v) is 12.6. The molecule has 1 heterocycles. The Morgan fingerprint density at radius 2 is 2.30 bits per heavy atom. The first kappa shape index (κ1) is 14.8. The summed E-state index contributed by atoms with van der Waals surface area (Å²) in [5, 5.41) is 20.5. The van der Waals surface area contributed by atoms with Crippen molar-refractivity contribution in [3.63, 3.8) is 0 Å². The van der Waals surface area contributed by atoms with E-state index in [1.165, 1.54) is 6.07 Å². The first-order valence-electron chi connectivity index (χ1n) is 6.32. The minimum atomic E-state index is -0.831. The first-order chi connectivity index (χ1) is 9.39. The van der Waals surface area contributed by atoms with Crippen LogP contribution in [0.3, 0.4) is 0 Å². The third-order valence-electron chi connectivity index (χ3n) is 3.96. The van der Waals surface area contributed by atoms with Crippen LogP contribution in [0.25, 0.3) is 0 Å². The van der Waals surface area contributed by atoms with Crippen molar-refractivity contribution >= 4 is 33.3 Å². The van der Waals surface area contributed by atoms with Crippen LogP contribution < -0.4 is 4.90 Å². The van der Waals surface area contributed by atoms with E-state index in [1.54, 1.807) is 17.0 Å². The van der Waals surface area contributed by atoms with Crippen molar-refractivity contribution in [2.24, 2.45) is 5.41 Å². The molecule has 1 fully saturated rings. The van der Waals surface area contributed by atoms with Crippen LogP contribution in [0.1, 0.15) is 19.8 Å². The summed E-state index contributed by atoms with van der Waals surface area (Å²) in [5.41, 5.74) is -0.326. The zero-order valence-electron chi connectivity index (χ0n) is 11.0. The third kappa shape index (κ3) is 2.49. The van der Waals surface area contributed by atoms with Gasteiger partial charge in [-0.05, 0) is 25.0 Å². The number of carbonyl (C=O) groups is 1. The lowest BCUT2D eigenvalue weighted by atomic mass is 9.84. The smallest absolute Gasteiger partial charge is 0.311 e. The molecular formula is C13H15BrN2O4. The number of aliphatic carboxylic acids is 1. The molecule has 0 aliphatic carbocycles. The van der Waals surface area contributed by atoms with Crippen LogP contribution in [0, 0.1) is 15.5 Å². The molecule has 1 aliphatic rings. The maximum atomic E-state index is 11.4. The molecule has 1 unspecified atom stereocenters. The van der Waals surface area contributed by atoms with Gasteiger partial charge in [0.25, 0.3) is 5.69 Å². The fourth-order valence-corrected chi connectivity index (χ4v) is 2.95. The number of carboxylic acid groups (broad SMARTS) is 1. The Bertz CT molecular complexity index is 563. The van der Waals surface area contributed by atoms with E-state index in [-0.39, 0.29) is 5.69 Å². The molecule has 6 nitrogen and oxygen atoms in total. The standard InChI is InChI=1S/C13H15BrN2O4/c1-2-13(12(17)18)5-6-15(8-13)10-4-3-9(14)7-11(10)16(19)20/h3-4,7H,2,5-6,8H2,1H3,(H,17,18). The van der Waals surface area contributed by atoms with Crippen molar-refractivity contribution in [3.8, 4) is 0 Å². The summed E-state index contributed by atoms with van der Waals surface area (Å²) in [5.74, 6) is -0.831. The number of anilines is 1. The summed E-state index contributed by atoms with van der Waals surface area (Å²) in [6.07, 6.45) is 1.02. The Balaban J connectivity index is 2.35. The van der Waals surface area contributed by atoms with E-state index in [4.69, 9.17) is 0 Å². The van der Waals surface area contributed by atoms with Gasteiger partial charge in [-0.3, -0.25) is 14.9 Å². The Hall–Kier alpha value is -1.63. The van der Waals surface area contributed by atoms with Crippen molar-refractivity contribution in [2.45, 2.75) is 19.8 Å². The highest BCUT2D eigenvalue weighted by atomic mass is 79.9. The molecule has 20 heavy (non-hydrogen) atoms. The van der Waals surface area contributed by atoms with Crippen LogP contribution in [-0.4, -0.2) is 29.1 Å². The van der Waals surface area contributed by atoms with Gasteiger partial charge in [0.15, 0.2) is 0 Å². The number of rotatable bonds is 4. The molecule has 0 spiro atoms. The number of halogens is 1. The highest BCUT2D eigenvalue weighted by molar-refractivity contribution is 9.10. The van der Waals surface area contributed by atoms with Crippen LogP contribution in [-0.2, 0) is 4.79 Å². The molecular weight excluding hydrogens is 328 g/mol. The van der Waals surface area contributed by atoms with Gasteiger partial charge in [0.2, 0.25) is 0 Å². The third-order valence-corrected chi connectivity index (χ3v) is 4.45. The number of nitro benzene ring substituents is 1. The van der Waals surface area contributed by atoms with Gasteiger partial charge in [-0.1, -0.05) is 22.9 Å². The van der Waals surface area contributed by atoms with Crippen LogP contribution >= 0.6 is 15.9 Å². The molecule has 1 N–H and O–H groups in total. The molecule has 0 saturated carbocycles. The molecule has 0 amide bonds. The maximum absolute atomic E-state index is 11.4. The Morgan fingerprint density at radius 3 is 2.80 bits per heavy atom. The van der Waals surface area contributed by atoms with Gasteiger partial charge in [0.05, 0.1) is 10.3 Å². The number of nitrogens with zero attached hydrogens (tertiary/aromatic N) is 2. The largest absolute Gasteiger partial charge is 0.481 e. The molecule has 0 aromatic heterocycles. The Morgan fingerprint density at radius 1 is 1.60 bits per heavy atom. The van der Waals surface area contributed by atoms with Crippen molar-refractivity contribution in [2.75, 3.05) is 18.0 Å². The van der Waals surface area contributed by atoms with Gasteiger partial charge < -0.3 is 10.0 Å². The molecule has 1 aromatic rings. The van der Waals surface area contributed by atoms with Crippen LogP contribution in [0.4, 0.5) is 11.4 Å². The number of hydrogen-bond donors (Lipinski definition) is 1. The number of nitro groups is 1. The molecule has 2 rings (SSSR count). The second-order valence-corrected chi connectivity index (χ2v) is 5.92. The quantitative estimate of drug-likeness (QED) is 0.671. The second kappa shape index (κ2) is 5.40. The van der Waals surface area contributed by atoms with Crippen molar-refractivity contribution < 1.29 is 14.8 Å². The fraction of sp³-hybridized carbons (Fsp3) is 0.462. The van der Waals surface area contributed by atoms with E-state index in [0.29, 0.717) is 36.1 Å². The first-order valence-corrected chi connectivity index (χ1v) is 7.11. The summed E-state index contributed by atoms with van der Waals surface area (Å²) in [6.45, 7) is 2.66. The van der Waals surface area contributed by atoms with Crippen molar-refractivity contribution in [3.05, 3.63) is 32.8 Å². The zero-order chi connectivity index (χ0) is 14.9. The number of benzene rings is 1. The van der Waals surface area contributed by atoms with Crippen molar-refractivity contribution in [1.82, 2.24) is 0 Å². The van der Waals surface area contributed by atoms with Gasteiger partial charge >= 0.3 is 5.97 Å². The van der Waals surface area contributed by atoms with E-state index in [0.717, 1.165) is 0 Å². The molecule has 0 bridgehead atoms. The van der Waals surface area contributed by atoms with E-state index in [9.17, 15) is 20.0 Å². The summed E-state index contributed by atoms with van der Waals surface area (Å²) < 4.78 is 0.632. The van der Waals surface area contributed by atoms with Gasteiger partial charge in [0, 0.05) is 23.6 Å². The molecule has 1 aliphatic heterocycles. The summed E-state index contributed by atoms with van der Waals surface area (Å²) in [6, 6.07) is 4.84. The highest BCUT2D eigenvalue weighted by Gasteiger charge is 2.44. The normalized spacial score (nSPS) is 22.0. The minimum absolute atomic E-state index is 0.00309. The van der Waals surface area contributed by atoms with E-state index in [1.807, 2.05) is 6.92 Å². The Kier molecular flexibility index (Phi) is 3.99. The molecule has 108 valence electrons. The topological polar surface area (TPSA) is 83.7 Å². The van der Waals surface area contributed by atoms with Crippen LogP contribution in [0.2, 0.25) is 0 Å². The molecule has 0 radical (unpaired) electrons. The molecule has 1 saturated heterocycles. The summed E-state index contributed by atoms with van der Waals surface area (Å²) in [4.78, 5) is 23.9. The number of carboxylic acids is 1. The van der Waals surface area contributed by atoms with E-state index in [2.05, 4.69) is 15.9 Å². The average Bonchev–Trinajstić information content (AvgIpc) is 2.84. The summed E-state index contributed by atoms with van der Waals surface area (Å²) >= 11 is 3.22. The average molecular weight is 343 g/mol. The summed E-state index contributed by atoms with van der Waals surface area (Å²) in [7, 11) is 0. The van der Waals surface area contributed by atoms with E-state index < -0.39 is 16.3 Å². The number of hydrogen-bond acceptors (Lipinski definition) is 4. The predicted molar refractivity (Wildman–Crippen MR) is 78.0 cm³/mol. The lowest BCUT2D eigenvalue weighted by Gasteiger charge is -2.24. The molecule has 1 atom stereocenters. The predicted octanol–water partition coefficient (Wildman–Crippen LogP) is 3.05. The van der Waals surface area contributed by atoms with Gasteiger partial charge in [-0.15, -0.1) is 0 Å². The SMILES string of the molecule is CCC1(C(=O)O)CCN(c2ccc(Br)cc2[N+](=O)[O-])C1. The van der Waals surface area contributed by atoms with Crippen LogP contribution in [0.5, 0.6) is 0 Å². The second-order valence-electron chi connectivity index (χ2n) is 5.00.